The van der Waals surface area contributed by atoms with E-state index in [-0.39, 0.29) is 5.97 Å². The van der Waals surface area contributed by atoms with Gasteiger partial charge in [-0.2, -0.15) is 0 Å². The number of carbonyl (C=O) groups is 1. The molecule has 0 aliphatic carbocycles. The number of hydrogen-bond donors (Lipinski definition) is 0. The summed E-state index contributed by atoms with van der Waals surface area (Å²) in [5, 5.41) is 0. The third-order valence-electron chi connectivity index (χ3n) is 3.01. The first-order valence-electron chi connectivity index (χ1n) is 7.61. The summed E-state index contributed by atoms with van der Waals surface area (Å²) < 4.78 is 6.12. The van der Waals surface area contributed by atoms with Gasteiger partial charge in [-0.15, -0.1) is 0 Å². The Balaban J connectivity index is 3.01. The van der Waals surface area contributed by atoms with Crippen molar-refractivity contribution in [2.45, 2.75) is 71.1 Å². The highest BCUT2D eigenvalue weighted by Gasteiger charge is 1.94. The molecule has 0 saturated heterocycles. The van der Waals surface area contributed by atoms with E-state index >= 15 is 0 Å². The summed E-state index contributed by atoms with van der Waals surface area (Å²) in [6, 6.07) is 0. The van der Waals surface area contributed by atoms with Crippen molar-refractivity contribution in [1.82, 2.24) is 0 Å². The molecule has 3 heteroatoms. The molecule has 0 aromatic carbocycles. The fraction of sp³-hybridized carbons (Fsp3) is 0.812. The maximum atomic E-state index is 10.5. The molecule has 0 rings (SSSR count). The van der Waals surface area contributed by atoms with Crippen LogP contribution < -0.4 is 0 Å². The van der Waals surface area contributed by atoms with Crippen LogP contribution in [0.25, 0.3) is 0 Å². The van der Waals surface area contributed by atoms with Crippen molar-refractivity contribution in [1.29, 1.82) is 0 Å². The zero-order chi connectivity index (χ0) is 14.2. The fourth-order valence-corrected chi connectivity index (χ4v) is 2.30. The van der Waals surface area contributed by atoms with Gasteiger partial charge < -0.3 is 4.74 Å². The number of hydrogen-bond acceptors (Lipinski definition) is 2. The Morgan fingerprint density at radius 1 is 0.895 bits per heavy atom. The van der Waals surface area contributed by atoms with E-state index in [1.54, 1.807) is 0 Å². The monoisotopic (exact) mass is 380 g/mol. The predicted octanol–water partition coefficient (Wildman–Crippen LogP) is 5.44. The molecule has 0 radical (unpaired) electrons. The van der Waals surface area contributed by atoms with E-state index in [1.165, 1.54) is 69.1 Å². The lowest BCUT2D eigenvalue weighted by atomic mass is 10.1. The summed E-state index contributed by atoms with van der Waals surface area (Å²) in [5.74, 6) is -0.160. The molecule has 0 heterocycles. The van der Waals surface area contributed by atoms with Crippen molar-refractivity contribution in [3.05, 3.63) is 12.2 Å². The van der Waals surface area contributed by atoms with Crippen molar-refractivity contribution < 1.29 is 9.53 Å². The van der Waals surface area contributed by atoms with E-state index in [9.17, 15) is 4.79 Å². The molecular weight excluding hydrogens is 351 g/mol. The van der Waals surface area contributed by atoms with Crippen molar-refractivity contribution in [3.63, 3.8) is 0 Å². The topological polar surface area (TPSA) is 26.3 Å². The summed E-state index contributed by atoms with van der Waals surface area (Å²) in [7, 11) is 0. The number of carbonyl (C=O) groups excluding carboxylic acids is 1. The zero-order valence-electron chi connectivity index (χ0n) is 12.3. The van der Waals surface area contributed by atoms with Crippen LogP contribution in [-0.2, 0) is 9.53 Å². The number of rotatable bonds is 13. The first kappa shape index (κ1) is 18.9. The highest BCUT2D eigenvalue weighted by atomic mass is 127. The van der Waals surface area contributed by atoms with Crippen LogP contribution >= 0.6 is 22.6 Å². The highest BCUT2D eigenvalue weighted by Crippen LogP contribution is 2.10. The Bertz CT molecular complexity index is 227. The number of alkyl halides is 1. The fourth-order valence-electron chi connectivity index (χ4n) is 1.94. The molecule has 112 valence electrons. The Morgan fingerprint density at radius 2 is 1.42 bits per heavy atom. The van der Waals surface area contributed by atoms with Gasteiger partial charge in [-0.3, -0.25) is 4.79 Å². The normalized spacial score (nSPS) is 11.1. The van der Waals surface area contributed by atoms with Crippen molar-refractivity contribution in [2.75, 3.05) is 11.0 Å². The maximum Gasteiger partial charge on any atom is 0.302 e. The van der Waals surface area contributed by atoms with Crippen LogP contribution in [0.3, 0.4) is 0 Å². The van der Waals surface area contributed by atoms with Crippen LogP contribution in [0.15, 0.2) is 12.2 Å². The van der Waals surface area contributed by atoms with Crippen LogP contribution in [0.4, 0.5) is 0 Å². The van der Waals surface area contributed by atoms with Gasteiger partial charge in [-0.05, 0) is 25.7 Å². The molecule has 0 aliphatic heterocycles. The summed E-state index contributed by atoms with van der Waals surface area (Å²) >= 11 is 2.41. The van der Waals surface area contributed by atoms with E-state index in [0.29, 0.717) is 6.61 Å². The van der Waals surface area contributed by atoms with Gasteiger partial charge in [0.1, 0.15) is 0 Å². The second kappa shape index (κ2) is 16.0. The van der Waals surface area contributed by atoms with Crippen LogP contribution in [0.1, 0.15) is 71.1 Å². The van der Waals surface area contributed by atoms with Gasteiger partial charge in [-0.25, -0.2) is 0 Å². The van der Waals surface area contributed by atoms with E-state index in [2.05, 4.69) is 34.7 Å². The Morgan fingerprint density at radius 3 is 2.00 bits per heavy atom. The van der Waals surface area contributed by atoms with Gasteiger partial charge in [0.15, 0.2) is 0 Å². The molecule has 0 saturated carbocycles. The molecule has 0 amide bonds. The first-order chi connectivity index (χ1) is 9.27. The SMILES string of the molecule is CC(=O)OCCCCCCCCCC/C=C\CCI. The van der Waals surface area contributed by atoms with Crippen molar-refractivity contribution in [2.24, 2.45) is 0 Å². The van der Waals surface area contributed by atoms with E-state index < -0.39 is 0 Å². The Labute approximate surface area is 132 Å². The molecule has 19 heavy (non-hydrogen) atoms. The van der Waals surface area contributed by atoms with Gasteiger partial charge >= 0.3 is 5.97 Å². The first-order valence-corrected chi connectivity index (χ1v) is 9.14. The summed E-state index contributed by atoms with van der Waals surface area (Å²) in [5.41, 5.74) is 0. The largest absolute Gasteiger partial charge is 0.466 e. The molecule has 0 aromatic heterocycles. The third kappa shape index (κ3) is 17.9. The Kier molecular flexibility index (Phi) is 15.9. The average Bonchev–Trinajstić information content (AvgIpc) is 2.39. The number of halogens is 1. The summed E-state index contributed by atoms with van der Waals surface area (Å²) in [6.45, 7) is 2.07. The van der Waals surface area contributed by atoms with Gasteiger partial charge in [0.2, 0.25) is 0 Å². The number of ether oxygens (including phenoxy) is 1. The number of allylic oxidation sites excluding steroid dienone is 2. The lowest BCUT2D eigenvalue weighted by Gasteiger charge is -2.02. The molecule has 0 fully saturated rings. The van der Waals surface area contributed by atoms with Crippen molar-refractivity contribution in [3.8, 4) is 0 Å². The van der Waals surface area contributed by atoms with Crippen molar-refractivity contribution >= 4 is 28.6 Å². The molecule has 2 nitrogen and oxygen atoms in total. The molecule has 0 aromatic rings. The molecule has 0 aliphatic rings. The minimum absolute atomic E-state index is 0.160. The second-order valence-electron chi connectivity index (χ2n) is 4.91. The average molecular weight is 380 g/mol. The number of esters is 1. The smallest absolute Gasteiger partial charge is 0.302 e. The standard InChI is InChI=1S/C16H29IO2/c1-16(18)19-15-13-11-9-7-5-3-2-4-6-8-10-12-14-17/h8,10H,2-7,9,11-15H2,1H3/b10-8-. The molecule has 0 unspecified atom stereocenters. The lowest BCUT2D eigenvalue weighted by Crippen LogP contribution is -2.00. The quantitative estimate of drug-likeness (QED) is 0.140. The molecule has 0 atom stereocenters. The molecule has 0 bridgehead atoms. The van der Waals surface area contributed by atoms with Crippen LogP contribution in [-0.4, -0.2) is 17.0 Å². The van der Waals surface area contributed by atoms with Crippen LogP contribution in [0.5, 0.6) is 0 Å². The van der Waals surface area contributed by atoms with Crippen LogP contribution in [0.2, 0.25) is 0 Å². The Hall–Kier alpha value is -0.0600. The zero-order valence-corrected chi connectivity index (χ0v) is 14.5. The predicted molar refractivity (Wildman–Crippen MR) is 90.8 cm³/mol. The summed E-state index contributed by atoms with van der Waals surface area (Å²) in [4.78, 5) is 10.5. The minimum Gasteiger partial charge on any atom is -0.466 e. The van der Waals surface area contributed by atoms with Gasteiger partial charge in [0, 0.05) is 11.4 Å². The lowest BCUT2D eigenvalue weighted by molar-refractivity contribution is -0.141. The van der Waals surface area contributed by atoms with Gasteiger partial charge in [0.05, 0.1) is 6.61 Å². The molecular formula is C16H29IO2. The third-order valence-corrected chi connectivity index (χ3v) is 3.64. The number of unbranched alkanes of at least 4 members (excludes halogenated alkanes) is 8. The summed E-state index contributed by atoms with van der Waals surface area (Å²) in [6.07, 6.45) is 17.3. The van der Waals surface area contributed by atoms with Gasteiger partial charge in [-0.1, -0.05) is 73.3 Å². The highest BCUT2D eigenvalue weighted by molar-refractivity contribution is 14.1. The second-order valence-corrected chi connectivity index (χ2v) is 5.98. The molecule has 0 spiro atoms. The molecule has 0 N–H and O–H groups in total. The van der Waals surface area contributed by atoms with E-state index in [4.69, 9.17) is 4.74 Å². The van der Waals surface area contributed by atoms with E-state index in [0.717, 1.165) is 6.42 Å². The van der Waals surface area contributed by atoms with Crippen LogP contribution in [0, 0.1) is 0 Å². The van der Waals surface area contributed by atoms with Gasteiger partial charge in [0.25, 0.3) is 0 Å². The minimum atomic E-state index is -0.160. The maximum absolute atomic E-state index is 10.5. The van der Waals surface area contributed by atoms with E-state index in [1.807, 2.05) is 0 Å².